The van der Waals surface area contributed by atoms with Crippen molar-refractivity contribution in [2.24, 2.45) is 11.8 Å². The Labute approximate surface area is 217 Å². The molecule has 2 saturated heterocycles. The van der Waals surface area contributed by atoms with Gasteiger partial charge in [-0.05, 0) is 63.1 Å². The zero-order chi connectivity index (χ0) is 25.2. The van der Waals surface area contributed by atoms with Crippen LogP contribution in [-0.4, -0.2) is 76.8 Å². The molecule has 1 aromatic carbocycles. The molecule has 8 heteroatoms. The van der Waals surface area contributed by atoms with Crippen LogP contribution in [0.2, 0.25) is 0 Å². The summed E-state index contributed by atoms with van der Waals surface area (Å²) < 4.78 is 12.4. The van der Waals surface area contributed by atoms with Crippen molar-refractivity contribution in [3.8, 4) is 11.5 Å². The van der Waals surface area contributed by atoms with E-state index in [9.17, 15) is 9.90 Å². The van der Waals surface area contributed by atoms with Gasteiger partial charge in [0.15, 0.2) is 11.5 Å². The summed E-state index contributed by atoms with van der Waals surface area (Å²) in [7, 11) is 1.66. The van der Waals surface area contributed by atoms with E-state index in [1.807, 2.05) is 16.3 Å². The van der Waals surface area contributed by atoms with Gasteiger partial charge in [-0.3, -0.25) is 9.69 Å². The summed E-state index contributed by atoms with van der Waals surface area (Å²) in [5.74, 6) is 2.97. The molecule has 6 atom stereocenters. The van der Waals surface area contributed by atoms with E-state index >= 15 is 0 Å². The summed E-state index contributed by atoms with van der Waals surface area (Å²) in [5, 5.41) is 14.8. The Morgan fingerprint density at radius 3 is 2.81 bits per heavy atom. The monoisotopic (exact) mass is 511 g/mol. The molecule has 7 nitrogen and oxygen atoms in total. The van der Waals surface area contributed by atoms with E-state index in [1.54, 1.807) is 12.6 Å². The van der Waals surface area contributed by atoms with Crippen LogP contribution in [0, 0.1) is 18.8 Å². The lowest BCUT2D eigenvalue weighted by atomic mass is 9.56. The van der Waals surface area contributed by atoms with Crippen LogP contribution in [0.4, 0.5) is 0 Å². The van der Waals surface area contributed by atoms with Crippen molar-refractivity contribution in [2.75, 3.05) is 33.3 Å². The lowest BCUT2D eigenvalue weighted by Gasteiger charge is -2.57. The highest BCUT2D eigenvalue weighted by Crippen LogP contribution is 2.61. The molecule has 194 valence electrons. The Balaban J connectivity index is 1.41. The minimum Gasteiger partial charge on any atom is -0.493 e. The van der Waals surface area contributed by atoms with E-state index < -0.39 is 11.0 Å². The van der Waals surface area contributed by atoms with Gasteiger partial charge < -0.3 is 19.5 Å². The van der Waals surface area contributed by atoms with Crippen LogP contribution in [0.15, 0.2) is 23.0 Å². The summed E-state index contributed by atoms with van der Waals surface area (Å²) in [6.45, 7) is 9.52. The highest BCUT2D eigenvalue weighted by Gasteiger charge is 2.68. The summed E-state index contributed by atoms with van der Waals surface area (Å²) >= 11 is 1.50. The molecule has 6 rings (SSSR count). The number of amides is 1. The first-order chi connectivity index (χ1) is 17.3. The van der Waals surface area contributed by atoms with Crippen LogP contribution in [0.1, 0.15) is 49.9 Å². The zero-order valence-corrected chi connectivity index (χ0v) is 22.5. The zero-order valence-electron chi connectivity index (χ0n) is 21.7. The van der Waals surface area contributed by atoms with Crippen molar-refractivity contribution in [3.05, 3.63) is 39.8 Å². The topological polar surface area (TPSA) is 75.1 Å². The molecular formula is C28H37N3O4S. The highest BCUT2D eigenvalue weighted by atomic mass is 32.1. The van der Waals surface area contributed by atoms with E-state index in [4.69, 9.17) is 9.47 Å². The summed E-state index contributed by atoms with van der Waals surface area (Å²) in [4.78, 5) is 22.1. The molecule has 3 aliphatic heterocycles. The summed E-state index contributed by atoms with van der Waals surface area (Å²) in [6.07, 6.45) is 2.53. The van der Waals surface area contributed by atoms with Gasteiger partial charge in [-0.1, -0.05) is 13.0 Å². The number of benzene rings is 1. The number of carbonyl (C=O) groups is 1. The molecule has 0 radical (unpaired) electrons. The molecule has 4 aliphatic rings. The van der Waals surface area contributed by atoms with Crippen molar-refractivity contribution in [3.63, 3.8) is 0 Å². The molecule has 1 aliphatic carbocycles. The molecule has 4 heterocycles. The number of carbonyl (C=O) groups excluding carboxylic acids is 1. The number of nitrogens with zero attached hydrogens (tertiary/aromatic N) is 3. The maximum Gasteiger partial charge on any atom is 0.228 e. The number of piperidine rings is 1. The van der Waals surface area contributed by atoms with Crippen LogP contribution in [0.25, 0.3) is 0 Å². The van der Waals surface area contributed by atoms with Gasteiger partial charge in [-0.15, -0.1) is 11.3 Å². The third-order valence-corrected chi connectivity index (χ3v) is 10.3. The first-order valence-electron chi connectivity index (χ1n) is 13.2. The number of hydrogen-bond donors (Lipinski definition) is 1. The Hall–Kier alpha value is -2.16. The fourth-order valence-electron chi connectivity index (χ4n) is 7.33. The normalized spacial score (nSPS) is 35.3. The average Bonchev–Trinajstić information content (AvgIpc) is 3.22. The number of aromatic nitrogens is 1. The van der Waals surface area contributed by atoms with Crippen molar-refractivity contribution in [2.45, 2.75) is 69.6 Å². The smallest absolute Gasteiger partial charge is 0.228 e. The fourth-order valence-corrected chi connectivity index (χ4v) is 7.89. The van der Waals surface area contributed by atoms with E-state index in [0.717, 1.165) is 53.9 Å². The lowest BCUT2D eigenvalue weighted by molar-refractivity contribution is -0.151. The number of aliphatic hydroxyl groups is 1. The third kappa shape index (κ3) is 3.51. The molecule has 1 saturated carbocycles. The maximum absolute atomic E-state index is 13.4. The minimum absolute atomic E-state index is 0.0397. The van der Waals surface area contributed by atoms with Crippen molar-refractivity contribution in [1.29, 1.82) is 0 Å². The Bertz CT molecular complexity index is 1160. The molecule has 2 aromatic rings. The van der Waals surface area contributed by atoms with Gasteiger partial charge in [0.25, 0.3) is 0 Å². The van der Waals surface area contributed by atoms with Gasteiger partial charge in [-0.25, -0.2) is 4.98 Å². The predicted octanol–water partition coefficient (Wildman–Crippen LogP) is 3.42. The highest BCUT2D eigenvalue weighted by molar-refractivity contribution is 7.07. The van der Waals surface area contributed by atoms with E-state index in [2.05, 4.69) is 36.7 Å². The van der Waals surface area contributed by atoms with Gasteiger partial charge in [0, 0.05) is 30.1 Å². The molecule has 1 spiro atoms. The second-order valence-corrected chi connectivity index (χ2v) is 12.1. The quantitative estimate of drug-likeness (QED) is 0.663. The number of rotatable bonds is 5. The van der Waals surface area contributed by atoms with Gasteiger partial charge >= 0.3 is 0 Å². The average molecular weight is 512 g/mol. The van der Waals surface area contributed by atoms with Gasteiger partial charge in [-0.2, -0.15) is 0 Å². The number of ether oxygens (including phenoxy) is 2. The lowest BCUT2D eigenvalue weighted by Crippen LogP contribution is -2.70. The number of fused-ring (bicyclic) bond motifs is 1. The third-order valence-electron chi connectivity index (χ3n) is 9.67. The van der Waals surface area contributed by atoms with Crippen LogP contribution >= 0.6 is 11.3 Å². The molecule has 1 aromatic heterocycles. The van der Waals surface area contributed by atoms with Crippen molar-refractivity contribution < 1.29 is 19.4 Å². The Kier molecular flexibility index (Phi) is 5.85. The molecule has 1 N–H and O–H groups in total. The second-order valence-electron chi connectivity index (χ2n) is 11.4. The number of aryl methyl sites for hydroxylation is 1. The number of methoxy groups -OCH3 is 1. The Morgan fingerprint density at radius 2 is 2.11 bits per heavy atom. The van der Waals surface area contributed by atoms with Crippen LogP contribution in [0.5, 0.6) is 11.5 Å². The SMILES string of the molecule is COc1ccc(C)c2c1O[C@H]1CN(C(=O)Cc3cscn3)CCC3(O)C(C)N(CC4CC4C)CCC213. The molecule has 1 amide bonds. The van der Waals surface area contributed by atoms with E-state index in [0.29, 0.717) is 25.3 Å². The minimum atomic E-state index is -1.04. The molecule has 5 unspecified atom stereocenters. The van der Waals surface area contributed by atoms with Crippen LogP contribution < -0.4 is 9.47 Å². The summed E-state index contributed by atoms with van der Waals surface area (Å²) in [6, 6.07) is 3.99. The van der Waals surface area contributed by atoms with Gasteiger partial charge in [0.05, 0.1) is 42.3 Å². The summed E-state index contributed by atoms with van der Waals surface area (Å²) in [5.41, 5.74) is 3.12. The molecule has 36 heavy (non-hydrogen) atoms. The maximum atomic E-state index is 13.4. The first-order valence-corrected chi connectivity index (χ1v) is 14.2. The molecule has 3 fully saturated rings. The molecular weight excluding hydrogens is 474 g/mol. The van der Waals surface area contributed by atoms with E-state index in [1.165, 1.54) is 17.8 Å². The van der Waals surface area contributed by atoms with Gasteiger partial charge in [0.1, 0.15) is 6.10 Å². The van der Waals surface area contributed by atoms with E-state index in [-0.39, 0.29) is 24.5 Å². The number of likely N-dealkylation sites (tertiary alicyclic amines) is 2. The molecule has 0 bridgehead atoms. The van der Waals surface area contributed by atoms with Crippen LogP contribution in [-0.2, 0) is 16.6 Å². The van der Waals surface area contributed by atoms with Gasteiger partial charge in [0.2, 0.25) is 5.91 Å². The fraction of sp³-hybridized carbons (Fsp3) is 0.643. The Morgan fingerprint density at radius 1 is 1.31 bits per heavy atom. The second kappa shape index (κ2) is 8.71. The first kappa shape index (κ1) is 24.2. The van der Waals surface area contributed by atoms with Crippen molar-refractivity contribution >= 4 is 17.2 Å². The standard InChI is InChI=1S/C28H37N3O4S/c1-17-5-6-22(34-4)26-25(17)27-7-9-30(13-20-11-18(20)2)19(3)28(27,33)8-10-31(14-23(27)35-26)24(32)12-21-15-36-16-29-21/h5-6,15-16,18-20,23,33H,7-14H2,1-4H3/t18?,19?,20?,23-,27?,28?/m0/s1. The van der Waals surface area contributed by atoms with Crippen LogP contribution in [0.3, 0.4) is 0 Å². The number of thiazole rings is 1. The number of hydrogen-bond acceptors (Lipinski definition) is 7. The van der Waals surface area contributed by atoms with Crippen molar-refractivity contribution in [1.82, 2.24) is 14.8 Å². The largest absolute Gasteiger partial charge is 0.493 e. The predicted molar refractivity (Wildman–Crippen MR) is 139 cm³/mol.